The number of benzene rings is 3. The predicted octanol–water partition coefficient (Wildman–Crippen LogP) is 7.04. The molecule has 1 aliphatic carbocycles. The molecule has 1 heterocycles. The van der Waals surface area contributed by atoms with E-state index >= 15 is 0 Å². The monoisotopic (exact) mass is 640 g/mol. The minimum atomic E-state index is -4.40. The number of fused-ring (bicyclic) bond motifs is 1. The molecule has 1 fully saturated rings. The van der Waals surface area contributed by atoms with E-state index in [9.17, 15) is 27.2 Å². The molecule has 2 aliphatic rings. The summed E-state index contributed by atoms with van der Waals surface area (Å²) in [4.78, 5) is 25.1. The third kappa shape index (κ3) is 5.45. The van der Waals surface area contributed by atoms with Crippen molar-refractivity contribution in [2.24, 2.45) is 17.6 Å². The number of nitrogens with one attached hydrogen (secondary N) is 1. The summed E-state index contributed by atoms with van der Waals surface area (Å²) in [6, 6.07) is 15.3. The van der Waals surface area contributed by atoms with Gasteiger partial charge < -0.3 is 11.1 Å². The maximum absolute atomic E-state index is 14.9. The molecule has 1 amide bonds. The van der Waals surface area contributed by atoms with Gasteiger partial charge in [0.05, 0.1) is 11.3 Å². The molecule has 0 saturated heterocycles. The Morgan fingerprint density at radius 2 is 1.65 bits per heavy atom. The van der Waals surface area contributed by atoms with E-state index in [0.29, 0.717) is 28.9 Å². The summed E-state index contributed by atoms with van der Waals surface area (Å²) < 4.78 is 55.6. The van der Waals surface area contributed by atoms with Crippen molar-refractivity contribution in [2.45, 2.75) is 30.3 Å². The van der Waals surface area contributed by atoms with E-state index in [1.165, 1.54) is 23.9 Å². The van der Waals surface area contributed by atoms with Crippen LogP contribution in [-0.2, 0) is 11.0 Å². The number of halogens is 5. The van der Waals surface area contributed by atoms with E-state index in [2.05, 4.69) is 5.32 Å². The molecular weight excluding hydrogens is 619 g/mol. The van der Waals surface area contributed by atoms with Crippen molar-refractivity contribution in [1.29, 1.82) is 0 Å². The van der Waals surface area contributed by atoms with E-state index in [1.54, 1.807) is 36.4 Å². The van der Waals surface area contributed by atoms with Crippen LogP contribution in [0.4, 0.5) is 23.2 Å². The third-order valence-corrected chi connectivity index (χ3v) is 11.2. The van der Waals surface area contributed by atoms with Crippen LogP contribution < -0.4 is 11.1 Å². The van der Waals surface area contributed by atoms with Gasteiger partial charge in [0.1, 0.15) is 8.78 Å². The summed E-state index contributed by atoms with van der Waals surface area (Å²) in [7, 11) is 0. The Morgan fingerprint density at radius 1 is 0.946 bits per heavy atom. The summed E-state index contributed by atoms with van der Waals surface area (Å²) in [5.41, 5.74) is 6.85. The summed E-state index contributed by atoms with van der Waals surface area (Å²) in [6.45, 7) is 0. The van der Waals surface area contributed by atoms with Gasteiger partial charge in [-0.15, -0.1) is 0 Å². The molecule has 0 radical (unpaired) electrons. The highest BCUT2D eigenvalue weighted by atomic mass is 127. The number of Topliss-reactive ketones (excluding diaryl/α,β-unsaturated/α-hetero) is 1. The number of hydrogen-bond donors (Lipinski definition) is 2. The number of rotatable bonds is 6. The Bertz CT molecular complexity index is 1420. The van der Waals surface area contributed by atoms with Crippen molar-refractivity contribution < 1.29 is 27.2 Å². The highest BCUT2D eigenvalue weighted by molar-refractivity contribution is 14.2. The smallest absolute Gasteiger partial charge is 0.369 e. The van der Waals surface area contributed by atoms with Gasteiger partial charge in [-0.05, 0) is 75.0 Å². The number of nitrogens with two attached hydrogens (primary N) is 1. The summed E-state index contributed by atoms with van der Waals surface area (Å²) in [6.07, 6.45) is -2.34. The van der Waals surface area contributed by atoms with Crippen LogP contribution in [0.3, 0.4) is 0 Å². The number of ketones is 1. The quantitative estimate of drug-likeness (QED) is 0.172. The number of anilines is 1. The molecule has 4 nitrogen and oxygen atoms in total. The molecule has 10 heteroatoms. The average Bonchev–Trinajstić information content (AvgIpc) is 3.51. The molecule has 1 saturated carbocycles. The van der Waals surface area contributed by atoms with Gasteiger partial charge >= 0.3 is 6.18 Å². The lowest BCUT2D eigenvalue weighted by Gasteiger charge is -2.15. The highest BCUT2D eigenvalue weighted by Gasteiger charge is 2.37. The SMILES string of the molecule is NC(=O)[C@@H]1CCC[C@H]1C(=O)c1ccc(-c2ccc(NC3=Ic4ccc(C(F)(F)F)cc4S3)c(F)c2)cc1. The number of hydrogen-bond acceptors (Lipinski definition) is 4. The lowest BCUT2D eigenvalue weighted by Crippen LogP contribution is -2.30. The fraction of sp³-hybridized carbons (Fsp3) is 0.222. The first kappa shape index (κ1) is 25.9. The Hall–Kier alpha value is -2.73. The molecule has 3 aromatic rings. The van der Waals surface area contributed by atoms with Gasteiger partial charge in [0.25, 0.3) is 0 Å². The number of carbonyl (C=O) groups excluding carboxylic acids is 2. The van der Waals surface area contributed by atoms with E-state index in [-0.39, 0.29) is 11.5 Å². The summed E-state index contributed by atoms with van der Waals surface area (Å²) in [5, 5.41) is 3.05. The third-order valence-electron chi connectivity index (χ3n) is 6.57. The fourth-order valence-electron chi connectivity index (χ4n) is 4.65. The lowest BCUT2D eigenvalue weighted by atomic mass is 9.87. The van der Waals surface area contributed by atoms with Crippen LogP contribution in [0, 0.1) is 21.2 Å². The summed E-state index contributed by atoms with van der Waals surface area (Å²) in [5.74, 6) is -1.86. The first-order valence-corrected chi connectivity index (χ1v) is 14.5. The molecule has 5 rings (SSSR count). The van der Waals surface area contributed by atoms with Gasteiger partial charge in [0.15, 0.2) is 5.78 Å². The molecule has 0 spiro atoms. The van der Waals surface area contributed by atoms with E-state index in [4.69, 9.17) is 5.73 Å². The molecule has 2 atom stereocenters. The minimum Gasteiger partial charge on any atom is -0.369 e. The molecule has 0 aromatic heterocycles. The summed E-state index contributed by atoms with van der Waals surface area (Å²) >= 11 is 0.481. The van der Waals surface area contributed by atoms with Crippen LogP contribution in [0.2, 0.25) is 0 Å². The van der Waals surface area contributed by atoms with E-state index < -0.39 is 56.0 Å². The lowest BCUT2D eigenvalue weighted by molar-refractivity contribution is -0.137. The number of primary amides is 1. The standard InChI is InChI=1S/C27H21F4IN2O2S/c28-20-12-16(14-4-6-15(7-5-14)24(35)18-2-1-3-19(18)25(33)36)8-11-22(20)34-26-32-21-10-9-17(27(29,30)31)13-23(21)37-26/h4-13,18-19,34H,1-3H2,(H2,33,36)/t18-,19-/m1/s1. The van der Waals surface area contributed by atoms with Crippen LogP contribution in [0.15, 0.2) is 65.6 Å². The van der Waals surface area contributed by atoms with E-state index in [1.807, 2.05) is 0 Å². The average molecular weight is 640 g/mol. The zero-order valence-corrected chi connectivity index (χ0v) is 22.2. The van der Waals surface area contributed by atoms with Crippen LogP contribution in [0.5, 0.6) is 0 Å². The normalized spacial score (nSPS) is 19.1. The zero-order valence-electron chi connectivity index (χ0n) is 19.2. The first-order chi connectivity index (χ1) is 17.6. The second kappa shape index (κ2) is 10.2. The minimum absolute atomic E-state index is 0.101. The highest BCUT2D eigenvalue weighted by Crippen LogP contribution is 2.42. The van der Waals surface area contributed by atoms with Gasteiger partial charge in [0.2, 0.25) is 5.91 Å². The molecule has 0 bridgehead atoms. The van der Waals surface area contributed by atoms with Crippen LogP contribution in [-0.4, -0.2) is 14.7 Å². The van der Waals surface area contributed by atoms with E-state index in [0.717, 1.165) is 30.7 Å². The molecule has 0 unspecified atom stereocenters. The van der Waals surface area contributed by atoms with Gasteiger partial charge in [-0.2, -0.15) is 13.2 Å². The molecule has 192 valence electrons. The van der Waals surface area contributed by atoms with Crippen molar-refractivity contribution in [2.75, 3.05) is 5.32 Å². The number of alkyl halides is 3. The second-order valence-corrected chi connectivity index (χ2v) is 13.5. The predicted molar refractivity (Wildman–Crippen MR) is 145 cm³/mol. The largest absolute Gasteiger partial charge is 0.416 e. The van der Waals surface area contributed by atoms with Gasteiger partial charge in [0, 0.05) is 25.9 Å². The second-order valence-electron chi connectivity index (χ2n) is 8.92. The van der Waals surface area contributed by atoms with Crippen LogP contribution in [0.1, 0.15) is 35.2 Å². The van der Waals surface area contributed by atoms with Gasteiger partial charge in [-0.3, -0.25) is 9.59 Å². The molecular formula is C27H21F4IN2O2S. The molecule has 3 N–H and O–H groups in total. The van der Waals surface area contributed by atoms with Crippen molar-refractivity contribution in [3.8, 4) is 11.1 Å². The number of thioether (sulfide) groups is 1. The topological polar surface area (TPSA) is 72.2 Å². The maximum atomic E-state index is 14.9. The fourth-order valence-corrected chi connectivity index (χ4v) is 9.32. The van der Waals surface area contributed by atoms with Crippen LogP contribution >= 0.6 is 32.5 Å². The maximum Gasteiger partial charge on any atom is 0.416 e. The number of carbonyl (C=O) groups is 2. The molecule has 37 heavy (non-hydrogen) atoms. The Balaban J connectivity index is 1.28. The van der Waals surface area contributed by atoms with Crippen molar-refractivity contribution in [3.05, 3.63) is 81.2 Å². The number of amides is 1. The van der Waals surface area contributed by atoms with Crippen molar-refractivity contribution >= 4 is 52.8 Å². The zero-order chi connectivity index (χ0) is 26.3. The molecule has 1 aliphatic heterocycles. The Morgan fingerprint density at radius 3 is 2.32 bits per heavy atom. The van der Waals surface area contributed by atoms with Crippen molar-refractivity contribution in [1.82, 2.24) is 0 Å². The Labute approximate surface area is 224 Å². The Kier molecular flexibility index (Phi) is 7.14. The van der Waals surface area contributed by atoms with Gasteiger partial charge in [-0.1, -0.05) is 48.5 Å². The van der Waals surface area contributed by atoms with Gasteiger partial charge in [-0.25, -0.2) is 4.39 Å². The van der Waals surface area contributed by atoms with Crippen molar-refractivity contribution in [3.63, 3.8) is 0 Å². The first-order valence-electron chi connectivity index (χ1n) is 11.5. The van der Waals surface area contributed by atoms with Crippen LogP contribution in [0.25, 0.3) is 11.1 Å². The molecule has 3 aromatic carbocycles.